The molecule has 0 spiro atoms. The van der Waals surface area contributed by atoms with Crippen LogP contribution in [0.3, 0.4) is 0 Å². The molecule has 1 aliphatic heterocycles. The maximum atomic E-state index is 12.8. The fraction of sp³-hybridized carbons (Fsp3) is 0.538. The Morgan fingerprint density at radius 1 is 1.24 bits per heavy atom. The minimum atomic E-state index is -4.36. The number of nitrogens with two attached hydrogens (primary N) is 1. The first-order valence-electron chi connectivity index (χ1n) is 7.29. The summed E-state index contributed by atoms with van der Waals surface area (Å²) in [7, 11) is -4.31. The zero-order chi connectivity index (χ0) is 19.0. The maximum absolute atomic E-state index is 12.8. The third-order valence-corrected chi connectivity index (χ3v) is 5.09. The molecule has 0 saturated carbocycles. The largest absolute Gasteiger partial charge is 0.403 e. The van der Waals surface area contributed by atoms with E-state index in [2.05, 4.69) is 0 Å². The van der Waals surface area contributed by atoms with Gasteiger partial charge in [-0.1, -0.05) is 6.07 Å². The number of piperazine rings is 1. The molecule has 140 valence electrons. The third-order valence-electron chi connectivity index (χ3n) is 4.14. The molecule has 8 nitrogen and oxygen atoms in total. The van der Waals surface area contributed by atoms with Crippen LogP contribution in [0.1, 0.15) is 6.92 Å². The van der Waals surface area contributed by atoms with E-state index in [0.717, 1.165) is 13.0 Å². The van der Waals surface area contributed by atoms with Crippen LogP contribution >= 0.6 is 0 Å². The Morgan fingerprint density at radius 3 is 2.24 bits per heavy atom. The van der Waals surface area contributed by atoms with Crippen LogP contribution in [0.5, 0.6) is 0 Å². The summed E-state index contributed by atoms with van der Waals surface area (Å²) in [6.45, 7) is 1.32. The Balaban J connectivity index is 2.29. The molecule has 0 aromatic heterocycles. The van der Waals surface area contributed by atoms with E-state index in [1.54, 1.807) is 0 Å². The minimum Gasteiger partial charge on any atom is -0.363 e. The topological polar surface area (TPSA) is 110 Å². The van der Waals surface area contributed by atoms with Crippen LogP contribution in [-0.4, -0.2) is 56.6 Å². The monoisotopic (exact) mass is 382 g/mol. The SMILES string of the molecule is CC(N1CCN(c2cccc(S(N)(=O)=O)c2[N+](=O)[O-])CC1)C(F)(F)F. The summed E-state index contributed by atoms with van der Waals surface area (Å²) in [5.74, 6) is 0. The molecule has 0 amide bonds. The Labute approximate surface area is 142 Å². The molecular formula is C13H17F3N4O4S. The molecule has 2 N–H and O–H groups in total. The number of anilines is 1. The van der Waals surface area contributed by atoms with Crippen molar-refractivity contribution in [2.75, 3.05) is 31.1 Å². The number of sulfonamides is 1. The summed E-state index contributed by atoms with van der Waals surface area (Å²) in [4.78, 5) is 12.6. The molecule has 1 atom stereocenters. The second-order valence-corrected chi connectivity index (χ2v) is 7.20. The highest BCUT2D eigenvalue weighted by Crippen LogP contribution is 2.35. The fourth-order valence-electron chi connectivity index (χ4n) is 2.74. The van der Waals surface area contributed by atoms with E-state index in [-0.39, 0.29) is 31.9 Å². The van der Waals surface area contributed by atoms with Gasteiger partial charge in [0.15, 0.2) is 4.90 Å². The van der Waals surface area contributed by atoms with Crippen LogP contribution in [0.2, 0.25) is 0 Å². The van der Waals surface area contributed by atoms with E-state index >= 15 is 0 Å². The minimum absolute atomic E-state index is 0.0239. The summed E-state index contributed by atoms with van der Waals surface area (Å²) in [6.07, 6.45) is -4.36. The zero-order valence-corrected chi connectivity index (χ0v) is 14.0. The standard InChI is InChI=1S/C13H17F3N4O4S/c1-9(13(14,15)16)18-5-7-19(8-6-18)10-3-2-4-11(25(17,23)24)12(10)20(21)22/h2-4,9H,5-8H2,1H3,(H2,17,23,24). The summed E-state index contributed by atoms with van der Waals surface area (Å²) in [6, 6.07) is 2.07. The second kappa shape index (κ2) is 6.77. The summed E-state index contributed by atoms with van der Waals surface area (Å²) >= 11 is 0. The second-order valence-electron chi connectivity index (χ2n) is 5.67. The van der Waals surface area contributed by atoms with Crippen molar-refractivity contribution in [3.05, 3.63) is 28.3 Å². The van der Waals surface area contributed by atoms with Gasteiger partial charge in [0, 0.05) is 26.2 Å². The summed E-state index contributed by atoms with van der Waals surface area (Å²) < 4.78 is 61.5. The van der Waals surface area contributed by atoms with Gasteiger partial charge in [0.2, 0.25) is 10.0 Å². The van der Waals surface area contributed by atoms with Crippen molar-refractivity contribution >= 4 is 21.4 Å². The van der Waals surface area contributed by atoms with E-state index in [1.165, 1.54) is 21.9 Å². The van der Waals surface area contributed by atoms with Gasteiger partial charge in [0.25, 0.3) is 0 Å². The number of primary sulfonamides is 1. The van der Waals surface area contributed by atoms with Crippen LogP contribution in [-0.2, 0) is 10.0 Å². The predicted octanol–water partition coefficient (Wildman–Crippen LogP) is 1.32. The van der Waals surface area contributed by atoms with Gasteiger partial charge in [0.05, 0.1) is 4.92 Å². The number of para-hydroxylation sites is 1. The Kier molecular flexibility index (Phi) is 5.25. The number of nitro benzene ring substituents is 1. The van der Waals surface area contributed by atoms with Gasteiger partial charge in [-0.25, -0.2) is 13.6 Å². The van der Waals surface area contributed by atoms with Crippen molar-refractivity contribution in [1.82, 2.24) is 4.90 Å². The molecule has 12 heteroatoms. The van der Waals surface area contributed by atoms with Gasteiger partial charge in [-0.05, 0) is 19.1 Å². The van der Waals surface area contributed by atoms with Gasteiger partial charge in [-0.3, -0.25) is 15.0 Å². The molecular weight excluding hydrogens is 365 g/mol. The summed E-state index contributed by atoms with van der Waals surface area (Å²) in [5.41, 5.74) is -0.641. The molecule has 0 aliphatic carbocycles. The molecule has 1 heterocycles. The Hall–Kier alpha value is -1.92. The molecule has 1 unspecified atom stereocenters. The quantitative estimate of drug-likeness (QED) is 0.621. The first-order chi connectivity index (χ1) is 11.4. The Morgan fingerprint density at radius 2 is 1.80 bits per heavy atom. The molecule has 0 bridgehead atoms. The lowest BCUT2D eigenvalue weighted by molar-refractivity contribution is -0.387. The van der Waals surface area contributed by atoms with Crippen molar-refractivity contribution in [3.8, 4) is 0 Å². The molecule has 2 rings (SSSR count). The van der Waals surface area contributed by atoms with Crippen molar-refractivity contribution in [1.29, 1.82) is 0 Å². The molecule has 1 aliphatic rings. The maximum Gasteiger partial charge on any atom is 0.403 e. The van der Waals surface area contributed by atoms with Crippen molar-refractivity contribution in [2.24, 2.45) is 5.14 Å². The third kappa shape index (κ3) is 4.19. The zero-order valence-electron chi connectivity index (χ0n) is 13.2. The van der Waals surface area contributed by atoms with Gasteiger partial charge in [-0.15, -0.1) is 0 Å². The van der Waals surface area contributed by atoms with Crippen molar-refractivity contribution in [3.63, 3.8) is 0 Å². The lowest BCUT2D eigenvalue weighted by Crippen LogP contribution is -2.53. The highest BCUT2D eigenvalue weighted by atomic mass is 32.2. The van der Waals surface area contributed by atoms with Gasteiger partial charge < -0.3 is 4.90 Å². The molecule has 25 heavy (non-hydrogen) atoms. The number of halogens is 3. The van der Waals surface area contributed by atoms with Gasteiger partial charge in [-0.2, -0.15) is 13.2 Å². The lowest BCUT2D eigenvalue weighted by Gasteiger charge is -2.39. The number of benzene rings is 1. The number of nitro groups is 1. The van der Waals surface area contributed by atoms with Gasteiger partial charge >= 0.3 is 11.9 Å². The van der Waals surface area contributed by atoms with E-state index in [1.807, 2.05) is 0 Å². The molecule has 1 saturated heterocycles. The highest BCUT2D eigenvalue weighted by molar-refractivity contribution is 7.89. The normalized spacial score (nSPS) is 18.2. The van der Waals surface area contributed by atoms with Crippen molar-refractivity contribution < 1.29 is 26.5 Å². The smallest absolute Gasteiger partial charge is 0.363 e. The van der Waals surface area contributed by atoms with E-state index in [9.17, 15) is 31.7 Å². The first kappa shape index (κ1) is 19.4. The summed E-state index contributed by atoms with van der Waals surface area (Å²) in [5, 5.41) is 16.4. The van der Waals surface area contributed by atoms with Crippen LogP contribution in [0.25, 0.3) is 0 Å². The fourth-order valence-corrected chi connectivity index (χ4v) is 3.45. The number of hydrogen-bond donors (Lipinski definition) is 1. The van der Waals surface area contributed by atoms with E-state index in [0.29, 0.717) is 0 Å². The van der Waals surface area contributed by atoms with E-state index in [4.69, 9.17) is 5.14 Å². The van der Waals surface area contributed by atoms with Crippen LogP contribution in [0.15, 0.2) is 23.1 Å². The molecule has 1 aromatic rings. The van der Waals surface area contributed by atoms with Gasteiger partial charge in [0.1, 0.15) is 11.7 Å². The molecule has 1 aromatic carbocycles. The number of alkyl halides is 3. The number of nitrogens with zero attached hydrogens (tertiary/aromatic N) is 3. The van der Waals surface area contributed by atoms with Crippen molar-refractivity contribution in [2.45, 2.75) is 24.0 Å². The average molecular weight is 382 g/mol. The predicted molar refractivity (Wildman–Crippen MR) is 83.8 cm³/mol. The number of hydrogen-bond acceptors (Lipinski definition) is 6. The highest BCUT2D eigenvalue weighted by Gasteiger charge is 2.41. The van der Waals surface area contributed by atoms with Crippen LogP contribution in [0, 0.1) is 10.1 Å². The Bertz CT molecular complexity index is 761. The van der Waals surface area contributed by atoms with Crippen LogP contribution < -0.4 is 10.0 Å². The molecule has 1 fully saturated rings. The lowest BCUT2D eigenvalue weighted by atomic mass is 10.2. The van der Waals surface area contributed by atoms with E-state index < -0.39 is 37.7 Å². The molecule has 0 radical (unpaired) electrons. The average Bonchev–Trinajstić information content (AvgIpc) is 2.51. The number of rotatable bonds is 4. The first-order valence-corrected chi connectivity index (χ1v) is 8.83. The van der Waals surface area contributed by atoms with Crippen LogP contribution in [0.4, 0.5) is 24.5 Å².